The van der Waals surface area contributed by atoms with Crippen molar-refractivity contribution in [1.82, 2.24) is 5.32 Å². The summed E-state index contributed by atoms with van der Waals surface area (Å²) in [6.45, 7) is 0. The predicted octanol–water partition coefficient (Wildman–Crippen LogP) is 3.15. The van der Waals surface area contributed by atoms with Gasteiger partial charge in [0, 0.05) is 17.3 Å². The highest BCUT2D eigenvalue weighted by molar-refractivity contribution is 5.80. The van der Waals surface area contributed by atoms with Crippen molar-refractivity contribution in [2.24, 2.45) is 0 Å². The molecule has 0 atom stereocenters. The number of carbonyl (C=O) groups is 1. The molecular formula is C19H21FN2O2. The second-order valence-electron chi connectivity index (χ2n) is 6.24. The third-order valence-electron chi connectivity index (χ3n) is 4.65. The number of benzene rings is 2. The van der Waals surface area contributed by atoms with E-state index >= 15 is 0 Å². The van der Waals surface area contributed by atoms with Gasteiger partial charge in [-0.25, -0.2) is 4.39 Å². The van der Waals surface area contributed by atoms with Gasteiger partial charge in [0.05, 0.1) is 19.1 Å². The van der Waals surface area contributed by atoms with Crippen LogP contribution in [-0.4, -0.2) is 13.0 Å². The number of anilines is 1. The number of amides is 1. The summed E-state index contributed by atoms with van der Waals surface area (Å²) in [4.78, 5) is 12.5. The Morgan fingerprint density at radius 1 is 1.25 bits per heavy atom. The van der Waals surface area contributed by atoms with E-state index in [0.29, 0.717) is 17.0 Å². The van der Waals surface area contributed by atoms with Crippen molar-refractivity contribution in [3.05, 3.63) is 59.4 Å². The Hall–Kier alpha value is -2.56. The van der Waals surface area contributed by atoms with Gasteiger partial charge in [-0.3, -0.25) is 4.79 Å². The Kier molecular flexibility index (Phi) is 4.42. The lowest BCUT2D eigenvalue weighted by atomic mass is 9.71. The van der Waals surface area contributed by atoms with Crippen molar-refractivity contribution >= 4 is 11.6 Å². The molecule has 0 bridgehead atoms. The molecule has 1 saturated carbocycles. The number of halogens is 1. The Bertz CT molecular complexity index is 740. The molecule has 0 aromatic heterocycles. The van der Waals surface area contributed by atoms with E-state index in [2.05, 4.69) is 5.32 Å². The third-order valence-corrected chi connectivity index (χ3v) is 4.65. The first kappa shape index (κ1) is 16.3. The van der Waals surface area contributed by atoms with Crippen LogP contribution in [0.2, 0.25) is 0 Å². The maximum atomic E-state index is 13.3. The molecule has 1 amide bonds. The average Bonchev–Trinajstić information content (AvgIpc) is 2.53. The molecule has 2 aromatic rings. The van der Waals surface area contributed by atoms with Crippen LogP contribution in [0.25, 0.3) is 0 Å². The average molecular weight is 328 g/mol. The first-order chi connectivity index (χ1) is 11.5. The third kappa shape index (κ3) is 3.20. The van der Waals surface area contributed by atoms with E-state index in [9.17, 15) is 9.18 Å². The van der Waals surface area contributed by atoms with E-state index in [1.807, 2.05) is 24.3 Å². The minimum absolute atomic E-state index is 0.101. The van der Waals surface area contributed by atoms with Crippen molar-refractivity contribution in [2.75, 3.05) is 12.8 Å². The number of ether oxygens (including phenoxy) is 1. The van der Waals surface area contributed by atoms with Gasteiger partial charge in [0.15, 0.2) is 0 Å². The molecule has 5 heteroatoms. The Morgan fingerprint density at radius 3 is 2.54 bits per heavy atom. The molecule has 24 heavy (non-hydrogen) atoms. The fraction of sp³-hybridized carbons (Fsp3) is 0.316. The fourth-order valence-electron chi connectivity index (χ4n) is 3.17. The molecule has 0 unspecified atom stereocenters. The first-order valence-electron chi connectivity index (χ1n) is 8.02. The number of hydrogen-bond donors (Lipinski definition) is 2. The van der Waals surface area contributed by atoms with Gasteiger partial charge in [-0.15, -0.1) is 0 Å². The second kappa shape index (κ2) is 6.51. The molecule has 0 radical (unpaired) electrons. The van der Waals surface area contributed by atoms with Gasteiger partial charge in [0.2, 0.25) is 5.91 Å². The molecular weight excluding hydrogens is 307 g/mol. The summed E-state index contributed by atoms with van der Waals surface area (Å²) in [5, 5.41) is 3.15. The molecule has 1 fully saturated rings. The fourth-order valence-corrected chi connectivity index (χ4v) is 3.17. The Labute approximate surface area is 140 Å². The van der Waals surface area contributed by atoms with Crippen molar-refractivity contribution in [2.45, 2.75) is 31.2 Å². The molecule has 3 N–H and O–H groups in total. The summed E-state index contributed by atoms with van der Waals surface area (Å²) in [6, 6.07) is 11.9. The molecule has 2 aromatic carbocycles. The predicted molar refractivity (Wildman–Crippen MR) is 91.2 cm³/mol. The van der Waals surface area contributed by atoms with E-state index in [1.165, 1.54) is 19.2 Å². The normalized spacial score (nSPS) is 15.4. The summed E-state index contributed by atoms with van der Waals surface area (Å²) in [7, 11) is 1.47. The van der Waals surface area contributed by atoms with Crippen molar-refractivity contribution in [3.63, 3.8) is 0 Å². The molecule has 4 nitrogen and oxygen atoms in total. The van der Waals surface area contributed by atoms with Gasteiger partial charge in [0.25, 0.3) is 0 Å². The SMILES string of the molecule is COc1cc(F)ccc1CC(=O)NC1(c2ccc(N)cc2)CCC1. The minimum atomic E-state index is -0.381. The smallest absolute Gasteiger partial charge is 0.225 e. The van der Waals surface area contributed by atoms with E-state index in [0.717, 1.165) is 24.8 Å². The maximum absolute atomic E-state index is 13.3. The quantitative estimate of drug-likeness (QED) is 0.829. The number of rotatable bonds is 5. The van der Waals surface area contributed by atoms with Crippen molar-refractivity contribution < 1.29 is 13.9 Å². The van der Waals surface area contributed by atoms with E-state index < -0.39 is 0 Å². The summed E-state index contributed by atoms with van der Waals surface area (Å²) in [6.07, 6.45) is 3.04. The summed E-state index contributed by atoms with van der Waals surface area (Å²) >= 11 is 0. The lowest BCUT2D eigenvalue weighted by Crippen LogP contribution is -2.51. The zero-order valence-electron chi connectivity index (χ0n) is 13.6. The van der Waals surface area contributed by atoms with Crippen LogP contribution < -0.4 is 15.8 Å². The number of methoxy groups -OCH3 is 1. The monoisotopic (exact) mass is 328 g/mol. The number of carbonyl (C=O) groups excluding carboxylic acids is 1. The van der Waals surface area contributed by atoms with Gasteiger partial charge in [-0.2, -0.15) is 0 Å². The molecule has 1 aliphatic carbocycles. The van der Waals surface area contributed by atoms with Crippen LogP contribution in [0, 0.1) is 5.82 Å². The van der Waals surface area contributed by atoms with Crippen LogP contribution in [0.5, 0.6) is 5.75 Å². The highest BCUT2D eigenvalue weighted by Gasteiger charge is 2.39. The Balaban J connectivity index is 1.75. The van der Waals surface area contributed by atoms with Crippen LogP contribution in [0.15, 0.2) is 42.5 Å². The number of nitrogen functional groups attached to an aromatic ring is 1. The van der Waals surface area contributed by atoms with Crippen LogP contribution in [-0.2, 0) is 16.8 Å². The molecule has 3 rings (SSSR count). The van der Waals surface area contributed by atoms with Crippen molar-refractivity contribution in [3.8, 4) is 5.75 Å². The lowest BCUT2D eigenvalue weighted by molar-refractivity contribution is -0.123. The molecule has 1 aliphatic rings. The Morgan fingerprint density at radius 2 is 1.96 bits per heavy atom. The highest BCUT2D eigenvalue weighted by atomic mass is 19.1. The van der Waals surface area contributed by atoms with Crippen LogP contribution >= 0.6 is 0 Å². The summed E-state index contributed by atoms with van der Waals surface area (Å²) in [5.74, 6) is -0.0925. The number of nitrogens with one attached hydrogen (secondary N) is 1. The van der Waals surface area contributed by atoms with Gasteiger partial charge in [-0.05, 0) is 43.0 Å². The zero-order valence-corrected chi connectivity index (χ0v) is 13.6. The first-order valence-corrected chi connectivity index (χ1v) is 8.02. The minimum Gasteiger partial charge on any atom is -0.496 e. The number of hydrogen-bond acceptors (Lipinski definition) is 3. The topological polar surface area (TPSA) is 64.3 Å². The molecule has 0 spiro atoms. The summed E-state index contributed by atoms with van der Waals surface area (Å²) < 4.78 is 18.4. The van der Waals surface area contributed by atoms with Gasteiger partial charge in [-0.1, -0.05) is 18.2 Å². The van der Waals surface area contributed by atoms with Crippen molar-refractivity contribution in [1.29, 1.82) is 0 Å². The lowest BCUT2D eigenvalue weighted by Gasteiger charge is -2.43. The van der Waals surface area contributed by atoms with E-state index in [1.54, 1.807) is 6.07 Å². The molecule has 0 heterocycles. The van der Waals surface area contributed by atoms with Gasteiger partial charge < -0.3 is 15.8 Å². The largest absolute Gasteiger partial charge is 0.496 e. The standard InChI is InChI=1S/C19H21FN2O2/c1-24-17-12-15(20)6-3-13(17)11-18(23)22-19(9-2-10-19)14-4-7-16(21)8-5-14/h3-8,12H,2,9-11,21H2,1H3,(H,22,23). The maximum Gasteiger partial charge on any atom is 0.225 e. The van der Waals surface area contributed by atoms with Crippen LogP contribution in [0.3, 0.4) is 0 Å². The molecule has 0 aliphatic heterocycles. The zero-order chi connectivity index (χ0) is 17.2. The van der Waals surface area contributed by atoms with Crippen LogP contribution in [0.4, 0.5) is 10.1 Å². The summed E-state index contributed by atoms with van der Waals surface area (Å²) in [5.41, 5.74) is 7.87. The second-order valence-corrected chi connectivity index (χ2v) is 6.24. The van der Waals surface area contributed by atoms with Gasteiger partial charge in [0.1, 0.15) is 11.6 Å². The van der Waals surface area contributed by atoms with E-state index in [4.69, 9.17) is 10.5 Å². The molecule has 0 saturated heterocycles. The van der Waals surface area contributed by atoms with Gasteiger partial charge >= 0.3 is 0 Å². The van der Waals surface area contributed by atoms with Crippen LogP contribution in [0.1, 0.15) is 30.4 Å². The van der Waals surface area contributed by atoms with E-state index in [-0.39, 0.29) is 23.7 Å². The highest BCUT2D eigenvalue weighted by Crippen LogP contribution is 2.41. The molecule has 126 valence electrons. The number of nitrogens with two attached hydrogens (primary N) is 1.